The summed E-state index contributed by atoms with van der Waals surface area (Å²) in [5.74, 6) is -16.1. The molecule has 11 bridgehead atoms. The Bertz CT molecular complexity index is 4490. The zero-order valence-corrected chi connectivity index (χ0v) is 59.9. The van der Waals surface area contributed by atoms with E-state index in [4.69, 9.17) is 63.1 Å². The van der Waals surface area contributed by atoms with Crippen LogP contribution in [0.3, 0.4) is 0 Å². The van der Waals surface area contributed by atoms with E-state index in [-0.39, 0.29) is 52.8 Å². The molecule has 6 aromatic carbocycles. The molecule has 33 nitrogen and oxygen atoms in total. The van der Waals surface area contributed by atoms with Gasteiger partial charge in [0.2, 0.25) is 53.4 Å². The van der Waals surface area contributed by atoms with Crippen molar-refractivity contribution in [1.82, 2.24) is 37.2 Å². The molecule has 35 heteroatoms. The molecule has 0 radical (unpaired) electrons. The SMILES string of the molecule is Cc1cccc(CN[C@H](CC(C)C)C(=O)N[C@H]2C(=O)N[C@@H](CC(N)=O)C(=O)N[C@@H]3C(=O)N[C@H]4C(=O)N[C@H](C(=O)N[C@H](C(=O)O)c5cc(O)cc(O)c5-c5cc4ccc5O)[C@H](O)c4ccc(c(Cl)c4)Oc4cc3cc(c4O[C@@H]3O[C@H](CO)[C@@H](O)[C@H](O)[C@H]3O[C@H]3C[C@](C)(N)[C@H](O)[C@H](C)O3)Oc3ccc(cc3Cl)[C@H]2O)c1. The summed E-state index contributed by atoms with van der Waals surface area (Å²) in [6.07, 6.45) is -18.7. The number of hydrogen-bond donors (Lipinski definition) is 19. The van der Waals surface area contributed by atoms with Gasteiger partial charge in [-0.25, -0.2) is 4.79 Å². The van der Waals surface area contributed by atoms with E-state index < -0.39 is 237 Å². The first-order valence-corrected chi connectivity index (χ1v) is 34.9. The number of halogens is 2. The second-order valence-corrected chi connectivity index (χ2v) is 28.6. The summed E-state index contributed by atoms with van der Waals surface area (Å²) in [5.41, 5.74) is 9.80. The van der Waals surface area contributed by atoms with Crippen LogP contribution < -0.4 is 62.9 Å². The van der Waals surface area contributed by atoms with Crippen LogP contribution in [0.4, 0.5) is 0 Å². The second-order valence-electron chi connectivity index (χ2n) is 27.8. The minimum Gasteiger partial charge on any atom is -0.508 e. The number of aliphatic carboxylic acids is 1. The number of phenolic OH excluding ortho intramolecular Hbond substituents is 3. The number of ether oxygens (including phenoxy) is 6. The number of carboxylic acid groups (broad SMARTS) is 1. The highest BCUT2D eigenvalue weighted by Gasteiger charge is 2.52. The third-order valence-corrected chi connectivity index (χ3v) is 19.6. The molecule has 0 aliphatic carbocycles. The lowest BCUT2D eigenvalue weighted by Crippen LogP contribution is -2.64. The van der Waals surface area contributed by atoms with Crippen molar-refractivity contribution in [3.63, 3.8) is 0 Å². The Hall–Kier alpha value is -9.98. The third-order valence-electron chi connectivity index (χ3n) is 19.1. The average Bonchev–Trinajstić information content (AvgIpc) is 0.769. The van der Waals surface area contributed by atoms with Gasteiger partial charge in [0, 0.05) is 41.3 Å². The molecule has 2 saturated heterocycles. The number of aliphatic hydroxyl groups excluding tert-OH is 6. The zero-order chi connectivity index (χ0) is 78.2. The molecular weight excluding hydrogens is 1460 g/mol. The van der Waals surface area contributed by atoms with Gasteiger partial charge in [0.25, 0.3) is 0 Å². The molecule has 13 rings (SSSR count). The lowest BCUT2D eigenvalue weighted by atomic mass is 9.86. The summed E-state index contributed by atoms with van der Waals surface area (Å²) in [6.45, 7) is 7.75. The number of primary amides is 1. The maximum atomic E-state index is 16.1. The van der Waals surface area contributed by atoms with Crippen molar-refractivity contribution in [2.24, 2.45) is 17.4 Å². The Morgan fingerprint density at radius 1 is 0.704 bits per heavy atom. The van der Waals surface area contributed by atoms with Crippen molar-refractivity contribution >= 4 is 70.5 Å². The van der Waals surface area contributed by atoms with Crippen LogP contribution >= 0.6 is 23.2 Å². The number of nitrogens with one attached hydrogen (secondary N) is 7. The minimum absolute atomic E-state index is 0.146. The van der Waals surface area contributed by atoms with Gasteiger partial charge in [-0.15, -0.1) is 0 Å². The fourth-order valence-electron chi connectivity index (χ4n) is 13.5. The Kier molecular flexibility index (Phi) is 23.8. The van der Waals surface area contributed by atoms with Crippen LogP contribution in [0.1, 0.15) is 116 Å². The van der Waals surface area contributed by atoms with E-state index in [9.17, 15) is 70.2 Å². The standard InChI is InChI=1S/C73H81Cl2N9O24/c1-28(2)15-41(78-26-31-8-6-7-29(3)16-31)65(95)83-56-58(90)33-10-13-45(39(74)18-33)104-47-20-35-21-48(62(47)108-72-63(61(93)60(92)49(27-85)106-72)107-51-25-73(5,77)64(94)30(4)103-51)105-46-14-11-34(19-40(46)75)59(91)57-70(100)82-55(71(101)102)38-22-36(86)23-44(88)52(38)37-17-32(9-12-43(37)87)53(67(97)84-57)81-68(98)54(35)80-66(96)42(24-50(76)89)79-69(56)99/h6-14,16-23,28,30,41-42,49,51,53-61,63-64,72,78,85-88,90-94H,15,24-27,77H2,1-5H3,(H2,76,89)(H,79,99)(H,80,96)(H,81,98)(H,82,100)(H,83,95)(H,84,97)(H,101,102)/t30-,41+,42-,49+,51-,53+,54-,55-,56+,57-,58+,59+,60+,61-,63+,64+,72-,73-/m0/s1. The van der Waals surface area contributed by atoms with Gasteiger partial charge in [0.15, 0.2) is 29.9 Å². The Labute approximate surface area is 625 Å². The fraction of sp³-hybridized carbons (Fsp3) is 0.397. The molecule has 7 heterocycles. The molecule has 0 spiro atoms. The number of phenols is 3. The van der Waals surface area contributed by atoms with Gasteiger partial charge in [-0.1, -0.05) is 85.1 Å². The molecule has 576 valence electrons. The van der Waals surface area contributed by atoms with Gasteiger partial charge in [0.1, 0.15) is 89.5 Å². The van der Waals surface area contributed by atoms with Crippen LogP contribution in [0.25, 0.3) is 11.1 Å². The number of rotatable bonds is 15. The lowest BCUT2D eigenvalue weighted by Gasteiger charge is -2.47. The van der Waals surface area contributed by atoms with Crippen LogP contribution in [0.5, 0.6) is 46.0 Å². The molecule has 0 aromatic heterocycles. The predicted octanol–water partition coefficient (Wildman–Crippen LogP) is 1.99. The highest BCUT2D eigenvalue weighted by Crippen LogP contribution is 2.50. The topological polar surface area (TPSA) is 530 Å². The Morgan fingerprint density at radius 2 is 1.33 bits per heavy atom. The molecule has 0 saturated carbocycles. The number of benzene rings is 6. The first-order valence-electron chi connectivity index (χ1n) is 34.1. The van der Waals surface area contributed by atoms with Crippen molar-refractivity contribution < 1.29 is 118 Å². The van der Waals surface area contributed by atoms with E-state index in [1.165, 1.54) is 26.0 Å². The van der Waals surface area contributed by atoms with Crippen LogP contribution in [0.15, 0.2) is 103 Å². The largest absolute Gasteiger partial charge is 0.508 e. The van der Waals surface area contributed by atoms with Gasteiger partial charge in [-0.05, 0) is 116 Å². The van der Waals surface area contributed by atoms with Gasteiger partial charge < -0.3 is 128 Å². The first kappa shape index (κ1) is 79.1. The van der Waals surface area contributed by atoms with E-state index in [2.05, 4.69) is 37.2 Å². The highest BCUT2D eigenvalue weighted by atomic mass is 35.5. The Morgan fingerprint density at radius 3 is 1.94 bits per heavy atom. The number of aromatic hydroxyl groups is 3. The van der Waals surface area contributed by atoms with E-state index >= 15 is 19.2 Å². The Balaban J connectivity index is 1.14. The molecule has 18 atom stereocenters. The normalized spacial score (nSPS) is 28.3. The molecule has 0 unspecified atom stereocenters. The predicted molar refractivity (Wildman–Crippen MR) is 378 cm³/mol. The molecule has 108 heavy (non-hydrogen) atoms. The van der Waals surface area contributed by atoms with E-state index in [1.54, 1.807) is 0 Å². The molecule has 21 N–H and O–H groups in total. The maximum Gasteiger partial charge on any atom is 0.330 e. The fourth-order valence-corrected chi connectivity index (χ4v) is 13.9. The summed E-state index contributed by atoms with van der Waals surface area (Å²) in [6, 6.07) is 6.64. The number of fused-ring (bicyclic) bond motifs is 15. The third kappa shape index (κ3) is 17.1. The minimum atomic E-state index is -2.36. The molecule has 7 aliphatic heterocycles. The highest BCUT2D eigenvalue weighted by molar-refractivity contribution is 6.32. The molecule has 7 amide bonds. The van der Waals surface area contributed by atoms with Crippen molar-refractivity contribution in [1.29, 1.82) is 0 Å². The number of carbonyl (C=O) groups is 8. The van der Waals surface area contributed by atoms with Crippen LogP contribution in [0.2, 0.25) is 10.0 Å². The van der Waals surface area contributed by atoms with Crippen molar-refractivity contribution in [2.75, 3.05) is 6.61 Å². The van der Waals surface area contributed by atoms with E-state index in [1.807, 2.05) is 45.0 Å². The number of carboxylic acids is 1. The number of aliphatic hydroxyl groups is 6. The number of amides is 7. The molecule has 2 fully saturated rings. The van der Waals surface area contributed by atoms with Crippen LogP contribution in [-0.4, -0.2) is 184 Å². The molecule has 7 aliphatic rings. The van der Waals surface area contributed by atoms with Crippen LogP contribution in [0, 0.1) is 12.8 Å². The van der Waals surface area contributed by atoms with Gasteiger partial charge in [-0.3, -0.25) is 33.6 Å². The summed E-state index contributed by atoms with van der Waals surface area (Å²) >= 11 is 14.2. The van der Waals surface area contributed by atoms with E-state index in [0.29, 0.717) is 0 Å². The second kappa shape index (κ2) is 32.5. The van der Waals surface area contributed by atoms with Crippen molar-refractivity contribution in [3.8, 4) is 57.1 Å². The number of carbonyl (C=O) groups excluding carboxylic acids is 7. The molecular formula is C73H81Cl2N9O24. The first-order chi connectivity index (χ1) is 51.1. The van der Waals surface area contributed by atoms with Crippen LogP contribution in [-0.2, 0) is 59.1 Å². The maximum absolute atomic E-state index is 16.1. The number of aryl methyl sites for hydroxylation is 1. The zero-order valence-electron chi connectivity index (χ0n) is 58.3. The summed E-state index contributed by atoms with van der Waals surface area (Å²) < 4.78 is 38.5. The van der Waals surface area contributed by atoms with Gasteiger partial charge in [0.05, 0.1) is 41.3 Å². The monoisotopic (exact) mass is 1540 g/mol. The smallest absolute Gasteiger partial charge is 0.330 e. The quantitative estimate of drug-likeness (QED) is 0.0699. The van der Waals surface area contributed by atoms with Crippen molar-refractivity contribution in [2.45, 2.75) is 170 Å². The number of nitrogens with two attached hydrogens (primary N) is 2. The van der Waals surface area contributed by atoms with Gasteiger partial charge in [-0.2, -0.15) is 0 Å². The summed E-state index contributed by atoms with van der Waals surface area (Å²) in [5, 5.41) is 132. The lowest BCUT2D eigenvalue weighted by molar-refractivity contribution is -0.333. The van der Waals surface area contributed by atoms with Crippen molar-refractivity contribution in [3.05, 3.63) is 152 Å². The number of hydrogen-bond acceptors (Lipinski definition) is 25. The summed E-state index contributed by atoms with van der Waals surface area (Å²) in [4.78, 5) is 119. The summed E-state index contributed by atoms with van der Waals surface area (Å²) in [7, 11) is 0. The molecule has 6 aromatic rings. The van der Waals surface area contributed by atoms with Gasteiger partial charge >= 0.3 is 5.97 Å². The average molecular weight is 1540 g/mol. The van der Waals surface area contributed by atoms with E-state index in [0.717, 1.165) is 77.9 Å².